The van der Waals surface area contributed by atoms with Gasteiger partial charge in [-0.05, 0) is 40.0 Å². The van der Waals surface area contributed by atoms with Gasteiger partial charge in [-0.25, -0.2) is 0 Å². The maximum absolute atomic E-state index is 12.2. The summed E-state index contributed by atoms with van der Waals surface area (Å²) < 4.78 is 0. The largest absolute Gasteiger partial charge is 0.366 e. The van der Waals surface area contributed by atoms with E-state index in [9.17, 15) is 9.59 Å². The molecule has 92 valence electrons. The number of piperidine rings is 1. The summed E-state index contributed by atoms with van der Waals surface area (Å²) in [5.74, 6) is 0.00530. The number of rotatable bonds is 1. The molecule has 0 aromatic heterocycles. The molecule has 3 nitrogen and oxygen atoms in total. The van der Waals surface area contributed by atoms with Crippen molar-refractivity contribution in [3.05, 3.63) is 22.9 Å². The fraction of sp³-hybridized carbons (Fsp3) is 0.571. The molecule has 0 bridgehead atoms. The molecule has 2 aliphatic rings. The lowest BCUT2D eigenvalue weighted by molar-refractivity contribution is -0.117. The minimum Gasteiger partial charge on any atom is -0.366 e. The van der Waals surface area contributed by atoms with Gasteiger partial charge in [0.15, 0.2) is 5.78 Å². The van der Waals surface area contributed by atoms with E-state index in [0.29, 0.717) is 22.9 Å². The molecule has 1 fully saturated rings. The molecule has 0 saturated carbocycles. The summed E-state index contributed by atoms with van der Waals surface area (Å²) in [6.45, 7) is 6.48. The predicted molar refractivity (Wildman–Crippen MR) is 66.5 cm³/mol. The number of allylic oxidation sites excluding steroid dienone is 3. The van der Waals surface area contributed by atoms with Crippen LogP contribution < -0.4 is 0 Å². The standard InChI is InChI=1S/C14H19NO2/c1-9-6-4-5-7-15(9)12-8-13(16)10(2)11(3)14(12)17/h8-9H,4-7H2,1-3H3. The third-order valence-corrected chi connectivity index (χ3v) is 3.89. The summed E-state index contributed by atoms with van der Waals surface area (Å²) in [6.07, 6.45) is 4.93. The van der Waals surface area contributed by atoms with Gasteiger partial charge >= 0.3 is 0 Å². The van der Waals surface area contributed by atoms with Gasteiger partial charge in [-0.1, -0.05) is 0 Å². The molecule has 0 aromatic rings. The van der Waals surface area contributed by atoms with Crippen LogP contribution in [0.25, 0.3) is 0 Å². The van der Waals surface area contributed by atoms with Gasteiger partial charge in [0, 0.05) is 29.8 Å². The third kappa shape index (κ3) is 2.06. The maximum Gasteiger partial charge on any atom is 0.205 e. The van der Waals surface area contributed by atoms with Crippen molar-refractivity contribution in [1.29, 1.82) is 0 Å². The second kappa shape index (κ2) is 4.47. The van der Waals surface area contributed by atoms with E-state index in [2.05, 4.69) is 11.8 Å². The first kappa shape index (κ1) is 12.1. The van der Waals surface area contributed by atoms with Crippen molar-refractivity contribution in [1.82, 2.24) is 4.90 Å². The molecule has 0 amide bonds. The highest BCUT2D eigenvalue weighted by Gasteiger charge is 2.30. The first-order valence-electron chi connectivity index (χ1n) is 6.27. The normalized spacial score (nSPS) is 26.4. The van der Waals surface area contributed by atoms with E-state index >= 15 is 0 Å². The van der Waals surface area contributed by atoms with Crippen LogP contribution in [0.5, 0.6) is 0 Å². The zero-order valence-corrected chi connectivity index (χ0v) is 10.7. The van der Waals surface area contributed by atoms with Crippen molar-refractivity contribution >= 4 is 11.6 Å². The van der Waals surface area contributed by atoms with E-state index in [1.54, 1.807) is 13.8 Å². The molecule has 3 heteroatoms. The van der Waals surface area contributed by atoms with E-state index in [4.69, 9.17) is 0 Å². The highest BCUT2D eigenvalue weighted by Crippen LogP contribution is 2.27. The number of hydrogen-bond donors (Lipinski definition) is 0. The maximum atomic E-state index is 12.2. The van der Waals surface area contributed by atoms with Gasteiger partial charge in [-0.2, -0.15) is 0 Å². The minimum absolute atomic E-state index is 0.0186. The molecule has 0 radical (unpaired) electrons. The van der Waals surface area contributed by atoms with Crippen LogP contribution >= 0.6 is 0 Å². The van der Waals surface area contributed by atoms with Crippen LogP contribution in [-0.2, 0) is 9.59 Å². The number of ketones is 2. The van der Waals surface area contributed by atoms with Crippen molar-refractivity contribution < 1.29 is 9.59 Å². The van der Waals surface area contributed by atoms with Crippen molar-refractivity contribution in [2.75, 3.05) is 6.54 Å². The average Bonchev–Trinajstić information content (AvgIpc) is 2.32. The molecule has 0 spiro atoms. The van der Waals surface area contributed by atoms with Gasteiger partial charge in [0.1, 0.15) is 0 Å². The van der Waals surface area contributed by atoms with Crippen molar-refractivity contribution in [3.63, 3.8) is 0 Å². The van der Waals surface area contributed by atoms with Crippen molar-refractivity contribution in [3.8, 4) is 0 Å². The van der Waals surface area contributed by atoms with Crippen molar-refractivity contribution in [2.24, 2.45) is 0 Å². The minimum atomic E-state index is -0.0186. The van der Waals surface area contributed by atoms with E-state index in [-0.39, 0.29) is 11.6 Å². The Bertz CT molecular complexity index is 432. The van der Waals surface area contributed by atoms with Crippen LogP contribution in [0.4, 0.5) is 0 Å². The molecule has 1 atom stereocenters. The second-order valence-electron chi connectivity index (χ2n) is 5.01. The van der Waals surface area contributed by atoms with E-state index in [1.807, 2.05) is 0 Å². The van der Waals surface area contributed by atoms with Gasteiger partial charge in [-0.15, -0.1) is 0 Å². The molecule has 1 saturated heterocycles. The van der Waals surface area contributed by atoms with Gasteiger partial charge in [0.05, 0.1) is 5.70 Å². The summed E-state index contributed by atoms with van der Waals surface area (Å²) in [7, 11) is 0. The quantitative estimate of drug-likeness (QED) is 0.652. The fourth-order valence-corrected chi connectivity index (χ4v) is 2.51. The Balaban J connectivity index is 2.30. The number of carbonyl (C=O) groups excluding carboxylic acids is 2. The molecular formula is C14H19NO2. The summed E-state index contributed by atoms with van der Waals surface area (Å²) >= 11 is 0. The number of hydrogen-bond acceptors (Lipinski definition) is 3. The summed E-state index contributed by atoms with van der Waals surface area (Å²) in [5.41, 5.74) is 1.79. The SMILES string of the molecule is CC1=C(C)C(=O)C(N2CCCCC2C)=CC1=O. The molecule has 0 N–H and O–H groups in total. The monoisotopic (exact) mass is 233 g/mol. The fourth-order valence-electron chi connectivity index (χ4n) is 2.51. The zero-order chi connectivity index (χ0) is 12.6. The van der Waals surface area contributed by atoms with Crippen LogP contribution in [0.3, 0.4) is 0 Å². The second-order valence-corrected chi connectivity index (χ2v) is 5.01. The summed E-state index contributed by atoms with van der Waals surface area (Å²) in [6, 6.07) is 0.359. The van der Waals surface area contributed by atoms with Crippen molar-refractivity contribution in [2.45, 2.75) is 46.1 Å². The Kier molecular flexibility index (Phi) is 3.18. The Morgan fingerprint density at radius 3 is 2.53 bits per heavy atom. The first-order valence-corrected chi connectivity index (χ1v) is 6.27. The average molecular weight is 233 g/mol. The molecule has 1 heterocycles. The number of carbonyl (C=O) groups is 2. The molecular weight excluding hydrogens is 214 g/mol. The lowest BCUT2D eigenvalue weighted by Gasteiger charge is -2.37. The highest BCUT2D eigenvalue weighted by molar-refractivity contribution is 6.22. The lowest BCUT2D eigenvalue weighted by atomic mass is 9.92. The van der Waals surface area contributed by atoms with Crippen LogP contribution in [0, 0.1) is 0 Å². The van der Waals surface area contributed by atoms with Gasteiger partial charge in [0.2, 0.25) is 5.78 Å². The number of likely N-dealkylation sites (tertiary alicyclic amines) is 1. The Morgan fingerprint density at radius 1 is 1.18 bits per heavy atom. The van der Waals surface area contributed by atoms with E-state index in [1.165, 1.54) is 12.5 Å². The molecule has 17 heavy (non-hydrogen) atoms. The first-order chi connectivity index (χ1) is 8.02. The summed E-state index contributed by atoms with van der Waals surface area (Å²) in [4.78, 5) is 26.1. The molecule has 1 unspecified atom stereocenters. The van der Waals surface area contributed by atoms with Crippen LogP contribution in [-0.4, -0.2) is 29.1 Å². The van der Waals surface area contributed by atoms with Gasteiger partial charge in [0.25, 0.3) is 0 Å². The van der Waals surface area contributed by atoms with Crippen LogP contribution in [0.2, 0.25) is 0 Å². The van der Waals surface area contributed by atoms with Crippen LogP contribution in [0.15, 0.2) is 22.9 Å². The molecule has 1 aliphatic carbocycles. The number of nitrogens with zero attached hydrogens (tertiary/aromatic N) is 1. The van der Waals surface area contributed by atoms with E-state index < -0.39 is 0 Å². The van der Waals surface area contributed by atoms with E-state index in [0.717, 1.165) is 19.4 Å². The smallest absolute Gasteiger partial charge is 0.205 e. The highest BCUT2D eigenvalue weighted by atomic mass is 16.1. The Hall–Kier alpha value is -1.38. The van der Waals surface area contributed by atoms with Crippen LogP contribution in [0.1, 0.15) is 40.0 Å². The predicted octanol–water partition coefficient (Wildman–Crippen LogP) is 2.23. The molecule has 2 rings (SSSR count). The topological polar surface area (TPSA) is 37.4 Å². The molecule has 0 aromatic carbocycles. The van der Waals surface area contributed by atoms with Gasteiger partial charge in [-0.3, -0.25) is 9.59 Å². The Labute approximate surface area is 102 Å². The Morgan fingerprint density at radius 2 is 1.88 bits per heavy atom. The lowest BCUT2D eigenvalue weighted by Crippen LogP contribution is -2.40. The number of Topliss-reactive ketones (excluding diaryl/α,β-unsaturated/α-hetero) is 1. The van der Waals surface area contributed by atoms with Gasteiger partial charge < -0.3 is 4.90 Å². The third-order valence-electron chi connectivity index (χ3n) is 3.89. The molecule has 1 aliphatic heterocycles. The zero-order valence-electron chi connectivity index (χ0n) is 10.7. The summed E-state index contributed by atoms with van der Waals surface area (Å²) in [5, 5.41) is 0.